The molecule has 0 bridgehead atoms. The summed E-state index contributed by atoms with van der Waals surface area (Å²) in [5, 5.41) is 12.0. The Bertz CT molecular complexity index is 737. The molecular weight excluding hydrogens is 363 g/mol. The molecule has 0 saturated heterocycles. The van der Waals surface area contributed by atoms with Crippen molar-refractivity contribution in [2.75, 3.05) is 5.32 Å². The SMILES string of the molecule is CC1(N)CCCCC1C(=O)Nc1nnc(Cc2ccccc2F)s1.Cl. The predicted octanol–water partition coefficient (Wildman–Crippen LogP) is 3.54. The molecule has 1 heterocycles. The van der Waals surface area contributed by atoms with Crippen LogP contribution in [0.1, 0.15) is 43.2 Å². The first-order chi connectivity index (χ1) is 11.5. The third-order valence-electron chi connectivity index (χ3n) is 4.57. The number of halogens is 2. The number of nitrogens with zero attached hydrogens (tertiary/aromatic N) is 2. The fourth-order valence-corrected chi connectivity index (χ4v) is 3.93. The summed E-state index contributed by atoms with van der Waals surface area (Å²) in [5.41, 5.74) is 6.35. The second-order valence-electron chi connectivity index (χ2n) is 6.56. The van der Waals surface area contributed by atoms with Crippen molar-refractivity contribution in [3.8, 4) is 0 Å². The van der Waals surface area contributed by atoms with Crippen LogP contribution in [0.15, 0.2) is 24.3 Å². The lowest BCUT2D eigenvalue weighted by molar-refractivity contribution is -0.122. The molecule has 25 heavy (non-hydrogen) atoms. The van der Waals surface area contributed by atoms with E-state index in [1.165, 1.54) is 17.4 Å². The average molecular weight is 385 g/mol. The van der Waals surface area contributed by atoms with Gasteiger partial charge in [0.2, 0.25) is 11.0 Å². The average Bonchev–Trinajstić information content (AvgIpc) is 2.96. The Kier molecular flexibility index (Phi) is 6.48. The maximum atomic E-state index is 13.7. The molecule has 1 aliphatic carbocycles. The molecule has 3 rings (SSSR count). The molecule has 1 aromatic carbocycles. The maximum absolute atomic E-state index is 13.7. The molecule has 0 spiro atoms. The first-order valence-corrected chi connectivity index (χ1v) is 8.93. The topological polar surface area (TPSA) is 80.9 Å². The molecule has 2 unspecified atom stereocenters. The van der Waals surface area contributed by atoms with Gasteiger partial charge in [0.25, 0.3) is 0 Å². The molecule has 2 aromatic rings. The standard InChI is InChI=1S/C17H21FN4OS.ClH/c1-17(19)9-5-4-7-12(17)15(23)20-16-22-21-14(24-16)10-11-6-2-3-8-13(11)18;/h2-3,6,8,12H,4-5,7,9-10,19H2,1H3,(H,20,22,23);1H. The third-order valence-corrected chi connectivity index (χ3v) is 5.41. The van der Waals surface area contributed by atoms with Gasteiger partial charge in [0.05, 0.1) is 5.92 Å². The summed E-state index contributed by atoms with van der Waals surface area (Å²) in [7, 11) is 0. The third kappa shape index (κ3) is 4.74. The van der Waals surface area contributed by atoms with Crippen molar-refractivity contribution in [1.29, 1.82) is 0 Å². The lowest BCUT2D eigenvalue weighted by atomic mass is 9.74. The van der Waals surface area contributed by atoms with Crippen molar-refractivity contribution in [2.24, 2.45) is 11.7 Å². The lowest BCUT2D eigenvalue weighted by Crippen LogP contribution is -2.51. The van der Waals surface area contributed by atoms with E-state index in [1.807, 2.05) is 6.92 Å². The van der Waals surface area contributed by atoms with Crippen molar-refractivity contribution < 1.29 is 9.18 Å². The highest BCUT2D eigenvalue weighted by Crippen LogP contribution is 2.32. The summed E-state index contributed by atoms with van der Waals surface area (Å²) in [6, 6.07) is 6.58. The van der Waals surface area contributed by atoms with E-state index in [0.29, 0.717) is 22.1 Å². The summed E-state index contributed by atoms with van der Waals surface area (Å²) in [4.78, 5) is 12.5. The fraction of sp³-hybridized carbons (Fsp3) is 0.471. The van der Waals surface area contributed by atoms with Gasteiger partial charge in [-0.15, -0.1) is 22.6 Å². The number of anilines is 1. The molecule has 1 amide bonds. The molecule has 136 valence electrons. The first kappa shape index (κ1) is 19.8. The highest BCUT2D eigenvalue weighted by atomic mass is 35.5. The van der Waals surface area contributed by atoms with Gasteiger partial charge in [0.15, 0.2) is 0 Å². The van der Waals surface area contributed by atoms with Crippen molar-refractivity contribution in [3.05, 3.63) is 40.7 Å². The van der Waals surface area contributed by atoms with Crippen LogP contribution < -0.4 is 11.1 Å². The van der Waals surface area contributed by atoms with E-state index < -0.39 is 5.54 Å². The summed E-state index contributed by atoms with van der Waals surface area (Å²) >= 11 is 1.27. The molecule has 0 aliphatic heterocycles. The molecule has 2 atom stereocenters. The largest absolute Gasteiger partial charge is 0.325 e. The molecule has 1 fully saturated rings. The zero-order valence-corrected chi connectivity index (χ0v) is 15.6. The molecule has 8 heteroatoms. The van der Waals surface area contributed by atoms with Gasteiger partial charge in [0.1, 0.15) is 10.8 Å². The van der Waals surface area contributed by atoms with Crippen LogP contribution >= 0.6 is 23.7 Å². The number of nitrogens with two attached hydrogens (primary N) is 1. The highest BCUT2D eigenvalue weighted by molar-refractivity contribution is 7.15. The Morgan fingerprint density at radius 3 is 2.88 bits per heavy atom. The minimum Gasteiger partial charge on any atom is -0.325 e. The number of nitrogens with one attached hydrogen (secondary N) is 1. The minimum atomic E-state index is -0.483. The molecule has 5 nitrogen and oxygen atoms in total. The Morgan fingerprint density at radius 1 is 1.40 bits per heavy atom. The molecule has 1 saturated carbocycles. The number of hydrogen-bond donors (Lipinski definition) is 2. The van der Waals surface area contributed by atoms with Crippen LogP contribution in [0.5, 0.6) is 0 Å². The van der Waals surface area contributed by atoms with Crippen molar-refractivity contribution in [2.45, 2.75) is 44.6 Å². The van der Waals surface area contributed by atoms with Gasteiger partial charge >= 0.3 is 0 Å². The van der Waals surface area contributed by atoms with Crippen LogP contribution in [0.25, 0.3) is 0 Å². The van der Waals surface area contributed by atoms with Crippen LogP contribution in [0.2, 0.25) is 0 Å². The Morgan fingerprint density at radius 2 is 2.16 bits per heavy atom. The summed E-state index contributed by atoms with van der Waals surface area (Å²) in [6.07, 6.45) is 4.07. The van der Waals surface area contributed by atoms with Crippen molar-refractivity contribution in [3.63, 3.8) is 0 Å². The Labute approximate surface area is 156 Å². The molecule has 1 aliphatic rings. The van der Waals surface area contributed by atoms with Gasteiger partial charge < -0.3 is 11.1 Å². The van der Waals surface area contributed by atoms with E-state index >= 15 is 0 Å². The van der Waals surface area contributed by atoms with Gasteiger partial charge in [0, 0.05) is 12.0 Å². The predicted molar refractivity (Wildman–Crippen MR) is 99.5 cm³/mol. The summed E-state index contributed by atoms with van der Waals surface area (Å²) < 4.78 is 13.7. The highest BCUT2D eigenvalue weighted by Gasteiger charge is 2.38. The Hall–Kier alpha value is -1.57. The molecule has 3 N–H and O–H groups in total. The van der Waals surface area contributed by atoms with Crippen LogP contribution in [-0.2, 0) is 11.2 Å². The van der Waals surface area contributed by atoms with Gasteiger partial charge in [-0.25, -0.2) is 4.39 Å². The lowest BCUT2D eigenvalue weighted by Gasteiger charge is -2.36. The fourth-order valence-electron chi connectivity index (χ4n) is 3.16. The zero-order chi connectivity index (χ0) is 17.2. The second kappa shape index (κ2) is 8.21. The normalized spacial score (nSPS) is 22.9. The smallest absolute Gasteiger partial charge is 0.231 e. The van der Waals surface area contributed by atoms with Crippen molar-refractivity contribution in [1.82, 2.24) is 10.2 Å². The number of benzene rings is 1. The van der Waals surface area contributed by atoms with E-state index in [9.17, 15) is 9.18 Å². The number of amides is 1. The number of carbonyl (C=O) groups excluding carboxylic acids is 1. The first-order valence-electron chi connectivity index (χ1n) is 8.11. The second-order valence-corrected chi connectivity index (χ2v) is 7.62. The number of carbonyl (C=O) groups is 1. The van der Waals surface area contributed by atoms with E-state index in [4.69, 9.17) is 5.73 Å². The number of hydrogen-bond acceptors (Lipinski definition) is 5. The maximum Gasteiger partial charge on any atom is 0.231 e. The quantitative estimate of drug-likeness (QED) is 0.844. The molecular formula is C17H22ClFN4OS. The van der Waals surface area contributed by atoms with E-state index in [2.05, 4.69) is 15.5 Å². The van der Waals surface area contributed by atoms with Gasteiger partial charge in [-0.1, -0.05) is 42.4 Å². The van der Waals surface area contributed by atoms with E-state index in [1.54, 1.807) is 18.2 Å². The minimum absolute atomic E-state index is 0. The number of aromatic nitrogens is 2. The summed E-state index contributed by atoms with van der Waals surface area (Å²) in [6.45, 7) is 1.93. The molecule has 0 radical (unpaired) electrons. The van der Waals surface area contributed by atoms with Crippen LogP contribution in [-0.4, -0.2) is 21.6 Å². The monoisotopic (exact) mass is 384 g/mol. The van der Waals surface area contributed by atoms with Gasteiger partial charge in [-0.2, -0.15) is 0 Å². The summed E-state index contributed by atoms with van der Waals surface area (Å²) in [5.74, 6) is -0.585. The zero-order valence-electron chi connectivity index (χ0n) is 14.0. The van der Waals surface area contributed by atoms with Crippen LogP contribution in [0.3, 0.4) is 0 Å². The van der Waals surface area contributed by atoms with E-state index in [0.717, 1.165) is 25.7 Å². The number of rotatable bonds is 4. The van der Waals surface area contributed by atoms with E-state index in [-0.39, 0.29) is 30.0 Å². The Balaban J connectivity index is 0.00000225. The van der Waals surface area contributed by atoms with Gasteiger partial charge in [-0.3, -0.25) is 4.79 Å². The van der Waals surface area contributed by atoms with Crippen molar-refractivity contribution >= 4 is 34.8 Å². The molecule has 1 aromatic heterocycles. The van der Waals surface area contributed by atoms with Gasteiger partial charge in [-0.05, 0) is 31.4 Å². The van der Waals surface area contributed by atoms with Crippen LogP contribution in [0.4, 0.5) is 9.52 Å². The van der Waals surface area contributed by atoms with Crippen LogP contribution in [0, 0.1) is 11.7 Å².